The largest absolute Gasteiger partial charge is 0.435 e. The highest BCUT2D eigenvalue weighted by molar-refractivity contribution is 5.94. The van der Waals surface area contributed by atoms with Crippen molar-refractivity contribution in [3.8, 4) is 5.75 Å². The summed E-state index contributed by atoms with van der Waals surface area (Å²) in [6.45, 7) is 8.13. The molecule has 168 valence electrons. The summed E-state index contributed by atoms with van der Waals surface area (Å²) in [5, 5.41) is 2.83. The number of hydrogen-bond donors (Lipinski definition) is 1. The molecule has 2 aromatic rings. The third kappa shape index (κ3) is 6.10. The van der Waals surface area contributed by atoms with Crippen molar-refractivity contribution in [2.24, 2.45) is 0 Å². The molecular weight excluding hydrogens is 404 g/mol. The summed E-state index contributed by atoms with van der Waals surface area (Å²) in [5.74, 6) is 1.95. The van der Waals surface area contributed by atoms with E-state index in [1.165, 1.54) is 12.1 Å². The van der Waals surface area contributed by atoms with E-state index in [0.29, 0.717) is 5.69 Å². The van der Waals surface area contributed by atoms with E-state index in [1.807, 2.05) is 19.9 Å². The summed E-state index contributed by atoms with van der Waals surface area (Å²) < 4.78 is 28.8. The molecule has 9 heteroatoms. The van der Waals surface area contributed by atoms with Crippen LogP contribution in [0.3, 0.4) is 0 Å². The Morgan fingerprint density at radius 3 is 2.29 bits per heavy atom. The van der Waals surface area contributed by atoms with Gasteiger partial charge in [0.25, 0.3) is 0 Å². The third-order valence-corrected chi connectivity index (χ3v) is 5.29. The molecule has 1 unspecified atom stereocenters. The van der Waals surface area contributed by atoms with Crippen molar-refractivity contribution in [1.29, 1.82) is 0 Å². The molecule has 0 aliphatic carbocycles. The Balaban J connectivity index is 1.55. The van der Waals surface area contributed by atoms with Crippen LogP contribution in [0, 0.1) is 6.92 Å². The first kappa shape index (κ1) is 22.9. The van der Waals surface area contributed by atoms with Crippen molar-refractivity contribution in [3.05, 3.63) is 41.9 Å². The van der Waals surface area contributed by atoms with Gasteiger partial charge in [-0.15, -0.1) is 0 Å². The zero-order valence-corrected chi connectivity index (χ0v) is 18.3. The lowest BCUT2D eigenvalue weighted by Crippen LogP contribution is -2.53. The molecule has 0 radical (unpaired) electrons. The van der Waals surface area contributed by atoms with Gasteiger partial charge < -0.3 is 15.0 Å². The second kappa shape index (κ2) is 10.00. The highest BCUT2D eigenvalue weighted by Crippen LogP contribution is 2.21. The van der Waals surface area contributed by atoms with Gasteiger partial charge in [0.05, 0.1) is 6.04 Å². The van der Waals surface area contributed by atoms with Gasteiger partial charge in [-0.1, -0.05) is 13.8 Å². The number of amides is 1. The lowest BCUT2D eigenvalue weighted by atomic mass is 10.2. The molecule has 1 fully saturated rings. The summed E-state index contributed by atoms with van der Waals surface area (Å²) in [5.41, 5.74) is 1.49. The normalized spacial score (nSPS) is 15.9. The highest BCUT2D eigenvalue weighted by Gasteiger charge is 2.26. The standard InChI is InChI=1S/C22H29F2N5O2/c1-14(2)20-25-15(3)13-19(27-20)29-11-9-28(10-12-29)16(4)21(30)26-17-5-7-18(8-6-17)31-22(23)24/h5-8,13-14,16,22H,9-12H2,1-4H3,(H,26,30). The number of carbonyl (C=O) groups is 1. The SMILES string of the molecule is Cc1cc(N2CCN(C(C)C(=O)Nc3ccc(OC(F)F)cc3)CC2)nc(C(C)C)n1. The number of halogens is 2. The smallest absolute Gasteiger partial charge is 0.387 e. The number of carbonyl (C=O) groups excluding carboxylic acids is 1. The number of benzene rings is 1. The quantitative estimate of drug-likeness (QED) is 0.719. The van der Waals surface area contributed by atoms with Gasteiger partial charge in [-0.05, 0) is 38.1 Å². The van der Waals surface area contributed by atoms with E-state index in [1.54, 1.807) is 12.1 Å². The minimum atomic E-state index is -2.87. The van der Waals surface area contributed by atoms with Crippen LogP contribution in [0.15, 0.2) is 30.3 Å². The molecule has 1 aliphatic rings. The maximum Gasteiger partial charge on any atom is 0.387 e. The Hall–Kier alpha value is -2.81. The molecule has 1 amide bonds. The molecule has 0 saturated carbocycles. The third-order valence-electron chi connectivity index (χ3n) is 5.29. The van der Waals surface area contributed by atoms with Crippen molar-refractivity contribution in [3.63, 3.8) is 0 Å². The molecule has 2 heterocycles. The predicted octanol–water partition coefficient (Wildman–Crippen LogP) is 3.66. The summed E-state index contributed by atoms with van der Waals surface area (Å²) in [6, 6.07) is 7.57. The zero-order chi connectivity index (χ0) is 22.5. The number of anilines is 2. The van der Waals surface area contributed by atoms with Gasteiger partial charge >= 0.3 is 6.61 Å². The van der Waals surface area contributed by atoms with E-state index in [0.717, 1.165) is 43.5 Å². The number of aryl methyl sites for hydroxylation is 1. The van der Waals surface area contributed by atoms with Crippen LogP contribution in [-0.2, 0) is 4.79 Å². The first-order valence-electron chi connectivity index (χ1n) is 10.4. The average molecular weight is 434 g/mol. The number of nitrogens with zero attached hydrogens (tertiary/aromatic N) is 4. The lowest BCUT2D eigenvalue weighted by molar-refractivity contribution is -0.120. The first-order valence-corrected chi connectivity index (χ1v) is 10.4. The minimum absolute atomic E-state index is 0.0535. The summed E-state index contributed by atoms with van der Waals surface area (Å²) in [7, 11) is 0. The number of alkyl halides is 2. The second-order valence-corrected chi connectivity index (χ2v) is 7.97. The van der Waals surface area contributed by atoms with Crippen LogP contribution < -0.4 is 15.0 Å². The van der Waals surface area contributed by atoms with Gasteiger partial charge in [0.1, 0.15) is 17.4 Å². The van der Waals surface area contributed by atoms with Gasteiger partial charge in [0.15, 0.2) is 0 Å². The highest BCUT2D eigenvalue weighted by atomic mass is 19.3. The van der Waals surface area contributed by atoms with Crippen LogP contribution in [-0.4, -0.2) is 59.6 Å². The van der Waals surface area contributed by atoms with Crippen LogP contribution in [0.25, 0.3) is 0 Å². The zero-order valence-electron chi connectivity index (χ0n) is 18.3. The van der Waals surface area contributed by atoms with Crippen LogP contribution in [0.1, 0.15) is 38.2 Å². The predicted molar refractivity (Wildman–Crippen MR) is 116 cm³/mol. The van der Waals surface area contributed by atoms with Crippen molar-refractivity contribution in [2.45, 2.75) is 46.3 Å². The fourth-order valence-electron chi connectivity index (χ4n) is 3.47. The lowest BCUT2D eigenvalue weighted by Gasteiger charge is -2.38. The van der Waals surface area contributed by atoms with Crippen molar-refractivity contribution < 1.29 is 18.3 Å². The summed E-state index contributed by atoms with van der Waals surface area (Å²) >= 11 is 0. The number of rotatable bonds is 7. The van der Waals surface area contributed by atoms with Crippen LogP contribution in [0.2, 0.25) is 0 Å². The second-order valence-electron chi connectivity index (χ2n) is 7.97. The Morgan fingerprint density at radius 1 is 1.06 bits per heavy atom. The number of hydrogen-bond acceptors (Lipinski definition) is 6. The number of piperazine rings is 1. The average Bonchev–Trinajstić information content (AvgIpc) is 2.74. The van der Waals surface area contributed by atoms with E-state index in [9.17, 15) is 13.6 Å². The molecule has 1 aliphatic heterocycles. The fourth-order valence-corrected chi connectivity index (χ4v) is 3.47. The summed E-state index contributed by atoms with van der Waals surface area (Å²) in [6.07, 6.45) is 0. The van der Waals surface area contributed by atoms with E-state index in [4.69, 9.17) is 4.98 Å². The van der Waals surface area contributed by atoms with Crippen LogP contribution in [0.4, 0.5) is 20.3 Å². The van der Waals surface area contributed by atoms with Crippen LogP contribution in [0.5, 0.6) is 5.75 Å². The van der Waals surface area contributed by atoms with Gasteiger partial charge in [0.2, 0.25) is 5.91 Å². The molecule has 1 saturated heterocycles. The maximum atomic E-state index is 12.7. The molecule has 1 N–H and O–H groups in total. The summed E-state index contributed by atoms with van der Waals surface area (Å²) in [4.78, 5) is 26.2. The molecule has 0 bridgehead atoms. The minimum Gasteiger partial charge on any atom is -0.435 e. The van der Waals surface area contributed by atoms with Gasteiger partial charge in [-0.25, -0.2) is 9.97 Å². The van der Waals surface area contributed by atoms with E-state index in [2.05, 4.69) is 38.7 Å². The number of ether oxygens (including phenoxy) is 1. The molecule has 1 aromatic heterocycles. The number of aromatic nitrogens is 2. The monoisotopic (exact) mass is 433 g/mol. The number of nitrogens with one attached hydrogen (secondary N) is 1. The topological polar surface area (TPSA) is 70.6 Å². The Bertz CT molecular complexity index is 884. The molecule has 3 rings (SSSR count). The van der Waals surface area contributed by atoms with Gasteiger partial charge in [-0.3, -0.25) is 9.69 Å². The molecule has 31 heavy (non-hydrogen) atoms. The van der Waals surface area contributed by atoms with Crippen LogP contribution >= 0.6 is 0 Å². The molecule has 1 atom stereocenters. The maximum absolute atomic E-state index is 12.7. The molecule has 7 nitrogen and oxygen atoms in total. The Kier molecular flexibility index (Phi) is 7.37. The molecular formula is C22H29F2N5O2. The van der Waals surface area contributed by atoms with E-state index >= 15 is 0 Å². The Labute approximate surface area is 181 Å². The van der Waals surface area contributed by atoms with Crippen molar-refractivity contribution >= 4 is 17.4 Å². The van der Waals surface area contributed by atoms with Gasteiger partial charge in [-0.2, -0.15) is 8.78 Å². The Morgan fingerprint density at radius 2 is 1.71 bits per heavy atom. The fraction of sp³-hybridized carbons (Fsp3) is 0.500. The molecule has 1 aromatic carbocycles. The van der Waals surface area contributed by atoms with Crippen molar-refractivity contribution in [2.75, 3.05) is 36.4 Å². The first-order chi connectivity index (χ1) is 14.7. The van der Waals surface area contributed by atoms with Gasteiger partial charge in [0, 0.05) is 49.5 Å². The van der Waals surface area contributed by atoms with E-state index in [-0.39, 0.29) is 23.6 Å². The van der Waals surface area contributed by atoms with Crippen molar-refractivity contribution in [1.82, 2.24) is 14.9 Å². The van der Waals surface area contributed by atoms with E-state index < -0.39 is 6.61 Å². The molecule has 0 spiro atoms.